The lowest BCUT2D eigenvalue weighted by atomic mass is 9.66. The topological polar surface area (TPSA) is 110 Å². The minimum Gasteiger partial charge on any atom is -0.386 e. The molecule has 0 aromatic heterocycles. The lowest BCUT2D eigenvalue weighted by Gasteiger charge is -2.43. The molecule has 6 atom stereocenters. The number of piperidine rings is 1. The molecule has 1 amide bonds. The number of alkyl halides is 2. The van der Waals surface area contributed by atoms with Gasteiger partial charge in [-0.3, -0.25) is 24.9 Å². The first-order chi connectivity index (χ1) is 19.4. The highest BCUT2D eigenvalue weighted by Gasteiger charge is 2.48. The van der Waals surface area contributed by atoms with Crippen molar-refractivity contribution < 1.29 is 13.6 Å². The number of hydrogen-bond donors (Lipinski definition) is 5. The average molecular weight is 561 g/mol. The van der Waals surface area contributed by atoms with Crippen molar-refractivity contribution in [2.75, 3.05) is 45.9 Å². The van der Waals surface area contributed by atoms with Gasteiger partial charge in [0, 0.05) is 63.4 Å². The van der Waals surface area contributed by atoms with E-state index in [1.165, 1.54) is 6.42 Å². The largest absolute Gasteiger partial charge is 0.386 e. The van der Waals surface area contributed by atoms with Gasteiger partial charge in [-0.1, -0.05) is 31.4 Å². The van der Waals surface area contributed by atoms with E-state index in [2.05, 4.69) is 36.1 Å². The molecule has 3 saturated heterocycles. The van der Waals surface area contributed by atoms with Gasteiger partial charge in [-0.25, -0.2) is 8.78 Å². The fourth-order valence-corrected chi connectivity index (χ4v) is 8.03. The Morgan fingerprint density at radius 1 is 1.10 bits per heavy atom. The summed E-state index contributed by atoms with van der Waals surface area (Å²) in [6.07, 6.45) is 10.2. The van der Waals surface area contributed by atoms with E-state index in [9.17, 15) is 9.18 Å². The van der Waals surface area contributed by atoms with Crippen LogP contribution in [0.3, 0.4) is 0 Å². The Labute approximate surface area is 236 Å². The number of aliphatic imine (C=N–C) groups is 1. The molecule has 5 aliphatic heterocycles. The van der Waals surface area contributed by atoms with E-state index in [4.69, 9.17) is 5.73 Å². The van der Waals surface area contributed by atoms with Crippen LogP contribution in [0.2, 0.25) is 0 Å². The van der Waals surface area contributed by atoms with Gasteiger partial charge in [0.1, 0.15) is 18.3 Å². The Kier molecular flexibility index (Phi) is 8.56. The van der Waals surface area contributed by atoms with Gasteiger partial charge in [0.2, 0.25) is 5.91 Å². The smallest absolute Gasteiger partial charge is 0.235 e. The van der Waals surface area contributed by atoms with E-state index in [1.54, 1.807) is 12.3 Å². The molecule has 11 heteroatoms. The fourth-order valence-electron chi connectivity index (χ4n) is 8.03. The summed E-state index contributed by atoms with van der Waals surface area (Å²) < 4.78 is 30.1. The van der Waals surface area contributed by atoms with Crippen LogP contribution in [-0.4, -0.2) is 104 Å². The van der Waals surface area contributed by atoms with Crippen LogP contribution in [0.1, 0.15) is 51.4 Å². The van der Waals surface area contributed by atoms with Crippen LogP contribution in [0.15, 0.2) is 29.0 Å². The minimum absolute atomic E-state index is 0.00789. The molecule has 0 aromatic carbocycles. The number of amides is 1. The molecule has 1 aliphatic carbocycles. The summed E-state index contributed by atoms with van der Waals surface area (Å²) in [5, 5.41) is 13.0. The molecular weight excluding hydrogens is 514 g/mol. The van der Waals surface area contributed by atoms with Gasteiger partial charge in [-0.15, -0.1) is 0 Å². The third-order valence-corrected chi connectivity index (χ3v) is 10.2. The summed E-state index contributed by atoms with van der Waals surface area (Å²) in [6.45, 7) is 4.78. The first-order valence-corrected chi connectivity index (χ1v) is 15.4. The number of carbonyl (C=O) groups excluding carboxylic acids is 1. The van der Waals surface area contributed by atoms with Gasteiger partial charge in [-0.05, 0) is 37.5 Å². The molecule has 6 rings (SSSR count). The maximum Gasteiger partial charge on any atom is 0.235 e. The Morgan fingerprint density at radius 2 is 1.90 bits per heavy atom. The van der Waals surface area contributed by atoms with Gasteiger partial charge in [0.15, 0.2) is 0 Å². The van der Waals surface area contributed by atoms with Crippen molar-refractivity contribution in [1.29, 1.82) is 0 Å². The molecule has 2 bridgehead atoms. The molecule has 4 fully saturated rings. The predicted octanol–water partition coefficient (Wildman–Crippen LogP) is 1.14. The third-order valence-electron chi connectivity index (χ3n) is 10.2. The van der Waals surface area contributed by atoms with Crippen molar-refractivity contribution in [2.24, 2.45) is 22.1 Å². The lowest BCUT2D eigenvalue weighted by Crippen LogP contribution is -2.59. The number of hydrogen-bond acceptors (Lipinski definition) is 8. The number of halogens is 2. The number of carbonyl (C=O) groups is 1. The fraction of sp³-hybridized carbons (Fsp3) is 0.793. The monoisotopic (exact) mass is 560 g/mol. The first-order valence-electron chi connectivity index (χ1n) is 15.4. The first kappa shape index (κ1) is 28.2. The molecular formula is C29H46F2N8O. The van der Waals surface area contributed by atoms with Gasteiger partial charge in [0.25, 0.3) is 0 Å². The third kappa shape index (κ3) is 5.72. The number of nitrogens with zero attached hydrogens (tertiary/aromatic N) is 3. The molecule has 5 heterocycles. The quantitative estimate of drug-likeness (QED) is 0.328. The summed E-state index contributed by atoms with van der Waals surface area (Å²) in [5.41, 5.74) is 7.78. The van der Waals surface area contributed by atoms with Crippen molar-refractivity contribution in [3.05, 3.63) is 24.0 Å². The molecule has 9 nitrogen and oxygen atoms in total. The number of fused-ring (bicyclic) bond motifs is 1. The lowest BCUT2D eigenvalue weighted by molar-refractivity contribution is -0.123. The molecule has 0 radical (unpaired) electrons. The second-order valence-corrected chi connectivity index (χ2v) is 12.7. The van der Waals surface area contributed by atoms with Crippen molar-refractivity contribution in [3.8, 4) is 0 Å². The summed E-state index contributed by atoms with van der Waals surface area (Å²) in [6, 6.07) is -0.130. The molecule has 6 aliphatic rings. The van der Waals surface area contributed by atoms with Crippen molar-refractivity contribution in [3.63, 3.8) is 0 Å². The van der Waals surface area contributed by atoms with Crippen LogP contribution in [0.4, 0.5) is 8.78 Å². The Bertz CT molecular complexity index is 1000. The van der Waals surface area contributed by atoms with Crippen molar-refractivity contribution in [1.82, 2.24) is 31.1 Å². The van der Waals surface area contributed by atoms with Crippen molar-refractivity contribution >= 4 is 11.6 Å². The molecule has 1 spiro atoms. The van der Waals surface area contributed by atoms with E-state index in [0.717, 1.165) is 71.4 Å². The van der Waals surface area contributed by atoms with Crippen LogP contribution in [0.5, 0.6) is 0 Å². The summed E-state index contributed by atoms with van der Waals surface area (Å²) in [7, 11) is 0. The zero-order chi connectivity index (χ0) is 27.7. The van der Waals surface area contributed by atoms with E-state index in [1.807, 2.05) is 6.08 Å². The maximum absolute atomic E-state index is 15.5. The van der Waals surface area contributed by atoms with Gasteiger partial charge < -0.3 is 21.7 Å². The van der Waals surface area contributed by atoms with Crippen LogP contribution < -0.4 is 27.0 Å². The molecule has 1 saturated carbocycles. The number of likely N-dealkylation sites (tertiary alicyclic amines) is 1. The van der Waals surface area contributed by atoms with Crippen LogP contribution >= 0.6 is 0 Å². The second kappa shape index (κ2) is 12.1. The van der Waals surface area contributed by atoms with Gasteiger partial charge >= 0.3 is 0 Å². The highest BCUT2D eigenvalue weighted by molar-refractivity contribution is 6.06. The highest BCUT2D eigenvalue weighted by atomic mass is 19.1. The Balaban J connectivity index is 1.20. The normalized spacial score (nSPS) is 38.4. The molecule has 6 N–H and O–H groups in total. The van der Waals surface area contributed by atoms with E-state index < -0.39 is 30.5 Å². The van der Waals surface area contributed by atoms with Gasteiger partial charge in [0.05, 0.1) is 24.4 Å². The second-order valence-electron chi connectivity index (χ2n) is 12.7. The average Bonchev–Trinajstić information content (AvgIpc) is 3.47. The van der Waals surface area contributed by atoms with Crippen molar-refractivity contribution in [2.45, 2.75) is 88.0 Å². The zero-order valence-corrected chi connectivity index (χ0v) is 23.5. The maximum atomic E-state index is 15.5. The molecule has 40 heavy (non-hydrogen) atoms. The van der Waals surface area contributed by atoms with Crippen LogP contribution in [0.25, 0.3) is 0 Å². The van der Waals surface area contributed by atoms with E-state index in [-0.39, 0.29) is 30.5 Å². The zero-order valence-electron chi connectivity index (χ0n) is 23.5. The predicted molar refractivity (Wildman–Crippen MR) is 152 cm³/mol. The Hall–Kier alpha value is -1.92. The standard InChI is InChI=1S/C29H46F2N8O/c30-19-4-5-24-29(8-2-1-3-9-29)14-22(35-15-19)25(27(32)37-24)28(40)36-23-17-34-16-21(31)26(23)38-11-6-20(7-12-38)39-13-10-33-18-39/h4-5,17,19-21,24-27,33-34,37H,1-3,6-16,18,32H2,(H,36,40)/b5-4+,35-22?. The minimum atomic E-state index is -1.20. The summed E-state index contributed by atoms with van der Waals surface area (Å²) in [4.78, 5) is 23.3. The number of nitrogens with two attached hydrogens (primary N) is 1. The van der Waals surface area contributed by atoms with Crippen LogP contribution in [-0.2, 0) is 4.79 Å². The van der Waals surface area contributed by atoms with E-state index >= 15 is 4.39 Å². The number of rotatable bonds is 4. The molecule has 0 aromatic rings. The van der Waals surface area contributed by atoms with E-state index in [0.29, 0.717) is 23.9 Å². The SMILES string of the molecule is NC1NC2/C=C/C(F)CN=C(CC23CCCCC3)C1C(=O)NC1=CNCC(F)C1N1CCC(N2CCNC2)CC1. The van der Waals surface area contributed by atoms with Gasteiger partial charge in [-0.2, -0.15) is 0 Å². The Morgan fingerprint density at radius 3 is 2.65 bits per heavy atom. The number of nitrogens with one attached hydrogen (secondary N) is 4. The summed E-state index contributed by atoms with van der Waals surface area (Å²) >= 11 is 0. The summed E-state index contributed by atoms with van der Waals surface area (Å²) in [5.74, 6) is -1.05. The highest BCUT2D eigenvalue weighted by Crippen LogP contribution is 2.46. The molecule has 6 unspecified atom stereocenters. The molecule has 222 valence electrons. The van der Waals surface area contributed by atoms with Crippen LogP contribution in [0, 0.1) is 11.3 Å².